The Labute approximate surface area is 149 Å². The molecule has 4 nitrogen and oxygen atoms in total. The molecule has 2 amide bonds. The van der Waals surface area contributed by atoms with E-state index in [0.717, 1.165) is 49.2 Å². The molecule has 3 atom stereocenters. The van der Waals surface area contributed by atoms with Crippen LogP contribution in [-0.4, -0.2) is 35.7 Å². The highest BCUT2D eigenvalue weighted by molar-refractivity contribution is 5.76. The van der Waals surface area contributed by atoms with Crippen molar-refractivity contribution in [3.05, 3.63) is 35.9 Å². The molecule has 1 heterocycles. The average Bonchev–Trinajstić information content (AvgIpc) is 3.26. The molecule has 0 radical (unpaired) electrons. The zero-order valence-electron chi connectivity index (χ0n) is 14.8. The molecule has 2 fully saturated rings. The number of carbonyl (C=O) groups is 1. The molecule has 1 aromatic carbocycles. The Morgan fingerprint density at radius 1 is 1.20 bits per heavy atom. The predicted molar refractivity (Wildman–Crippen MR) is 99.2 cm³/mol. The minimum absolute atomic E-state index is 0.0733. The van der Waals surface area contributed by atoms with Crippen molar-refractivity contribution in [2.45, 2.75) is 38.5 Å². The number of aromatic hydroxyl groups is 1. The molecule has 25 heavy (non-hydrogen) atoms. The first-order chi connectivity index (χ1) is 12.2. The van der Waals surface area contributed by atoms with Gasteiger partial charge in [-0.05, 0) is 73.1 Å². The van der Waals surface area contributed by atoms with Crippen molar-refractivity contribution in [3.63, 3.8) is 0 Å². The van der Waals surface area contributed by atoms with E-state index in [2.05, 4.69) is 11.4 Å². The number of urea groups is 1. The van der Waals surface area contributed by atoms with E-state index in [4.69, 9.17) is 0 Å². The summed E-state index contributed by atoms with van der Waals surface area (Å²) in [5, 5.41) is 12.5. The minimum atomic E-state index is 0.0733. The van der Waals surface area contributed by atoms with Crippen LogP contribution in [0.25, 0.3) is 5.57 Å². The third-order valence-electron chi connectivity index (χ3n) is 6.41. The van der Waals surface area contributed by atoms with Crippen molar-refractivity contribution < 1.29 is 9.90 Å². The van der Waals surface area contributed by atoms with Gasteiger partial charge in [0.25, 0.3) is 0 Å². The molecule has 2 aliphatic carbocycles. The highest BCUT2D eigenvalue weighted by Gasteiger charge is 2.38. The summed E-state index contributed by atoms with van der Waals surface area (Å²) >= 11 is 0. The fraction of sp³-hybridized carbons (Fsp3) is 0.571. The lowest BCUT2D eigenvalue weighted by molar-refractivity contribution is 0.201. The molecule has 3 aliphatic rings. The maximum atomic E-state index is 12.4. The van der Waals surface area contributed by atoms with Gasteiger partial charge in [0.05, 0.1) is 0 Å². The third-order valence-corrected chi connectivity index (χ3v) is 6.41. The van der Waals surface area contributed by atoms with E-state index >= 15 is 0 Å². The first-order valence-electron chi connectivity index (χ1n) is 9.70. The van der Waals surface area contributed by atoms with Crippen LogP contribution in [0.3, 0.4) is 0 Å². The highest BCUT2D eigenvalue weighted by Crippen LogP contribution is 2.49. The molecular formula is C21H28N2O2. The normalized spacial score (nSPS) is 28.1. The van der Waals surface area contributed by atoms with Crippen molar-refractivity contribution in [1.82, 2.24) is 10.2 Å². The largest absolute Gasteiger partial charge is 0.508 e. The lowest BCUT2D eigenvalue weighted by atomic mass is 9.86. The van der Waals surface area contributed by atoms with Crippen LogP contribution in [0.1, 0.15) is 44.1 Å². The topological polar surface area (TPSA) is 52.6 Å². The summed E-state index contributed by atoms with van der Waals surface area (Å²) in [6.45, 7) is 2.24. The number of hydrogen-bond donors (Lipinski definition) is 2. The van der Waals surface area contributed by atoms with Crippen LogP contribution in [-0.2, 0) is 0 Å². The first kappa shape index (κ1) is 16.5. The van der Waals surface area contributed by atoms with Crippen molar-refractivity contribution in [3.8, 4) is 5.75 Å². The molecule has 1 aliphatic heterocycles. The van der Waals surface area contributed by atoms with E-state index in [9.17, 15) is 9.90 Å². The van der Waals surface area contributed by atoms with Gasteiger partial charge >= 0.3 is 6.03 Å². The van der Waals surface area contributed by atoms with E-state index in [1.807, 2.05) is 17.0 Å². The van der Waals surface area contributed by atoms with Crippen molar-refractivity contribution in [2.75, 3.05) is 19.6 Å². The number of fused-ring (bicyclic) bond motifs is 2. The van der Waals surface area contributed by atoms with Crippen molar-refractivity contribution >= 4 is 11.6 Å². The van der Waals surface area contributed by atoms with Gasteiger partial charge in [0.2, 0.25) is 0 Å². The van der Waals surface area contributed by atoms with E-state index in [1.54, 1.807) is 12.1 Å². The molecular weight excluding hydrogens is 312 g/mol. The number of amides is 2. The Bertz CT molecular complexity index is 652. The van der Waals surface area contributed by atoms with Crippen molar-refractivity contribution in [1.29, 1.82) is 0 Å². The van der Waals surface area contributed by atoms with Gasteiger partial charge in [-0.3, -0.25) is 0 Å². The number of hydrogen-bond acceptors (Lipinski definition) is 2. The summed E-state index contributed by atoms with van der Waals surface area (Å²) < 4.78 is 0. The maximum Gasteiger partial charge on any atom is 0.317 e. The number of phenols is 1. The summed E-state index contributed by atoms with van der Waals surface area (Å²) in [4.78, 5) is 14.3. The fourth-order valence-corrected chi connectivity index (χ4v) is 5.00. The fourth-order valence-electron chi connectivity index (χ4n) is 5.00. The molecule has 134 valence electrons. The quantitative estimate of drug-likeness (QED) is 0.870. The number of nitrogens with zero attached hydrogens (tertiary/aromatic N) is 1. The van der Waals surface area contributed by atoms with E-state index in [0.29, 0.717) is 6.54 Å². The SMILES string of the molecule is O=C(NCC[C@H]1C[C@H]2CC[C@H]1C2)N1CC=C(c2ccc(O)cc2)CC1. The number of benzene rings is 1. The lowest BCUT2D eigenvalue weighted by Crippen LogP contribution is -2.42. The van der Waals surface area contributed by atoms with Gasteiger partial charge in [0.1, 0.15) is 5.75 Å². The molecule has 2 saturated carbocycles. The van der Waals surface area contributed by atoms with Gasteiger partial charge in [-0.15, -0.1) is 0 Å². The minimum Gasteiger partial charge on any atom is -0.508 e. The van der Waals surface area contributed by atoms with Crippen LogP contribution >= 0.6 is 0 Å². The highest BCUT2D eigenvalue weighted by atomic mass is 16.3. The van der Waals surface area contributed by atoms with Crippen LogP contribution in [0.15, 0.2) is 30.3 Å². The number of nitrogens with one attached hydrogen (secondary N) is 1. The zero-order chi connectivity index (χ0) is 17.2. The molecule has 0 unspecified atom stereocenters. The second kappa shape index (κ2) is 7.11. The Morgan fingerprint density at radius 2 is 2.04 bits per heavy atom. The summed E-state index contributed by atoms with van der Waals surface area (Å²) in [5.41, 5.74) is 2.39. The standard InChI is InChI=1S/C21H28N2O2/c24-20-5-3-16(4-6-20)17-8-11-23(12-9-17)21(25)22-10-7-19-14-15-1-2-18(19)13-15/h3-6,8,15,18-19,24H,1-2,7,9-14H2,(H,22,25)/t15-,18-,19-/m0/s1. The molecule has 0 saturated heterocycles. The zero-order valence-corrected chi connectivity index (χ0v) is 14.8. The monoisotopic (exact) mass is 340 g/mol. The average molecular weight is 340 g/mol. The number of rotatable bonds is 4. The number of carbonyl (C=O) groups excluding carboxylic acids is 1. The molecule has 0 aromatic heterocycles. The van der Waals surface area contributed by atoms with Crippen molar-refractivity contribution in [2.24, 2.45) is 17.8 Å². The molecule has 4 heteroatoms. The van der Waals surface area contributed by atoms with E-state index < -0.39 is 0 Å². The van der Waals surface area contributed by atoms with Crippen LogP contribution in [0.2, 0.25) is 0 Å². The van der Waals surface area contributed by atoms with Gasteiger partial charge in [-0.2, -0.15) is 0 Å². The Kier molecular flexibility index (Phi) is 4.69. The Morgan fingerprint density at radius 3 is 2.68 bits per heavy atom. The molecule has 0 spiro atoms. The summed E-state index contributed by atoms with van der Waals surface area (Å²) in [6.07, 6.45) is 9.83. The molecule has 2 bridgehead atoms. The third kappa shape index (κ3) is 3.68. The predicted octanol–water partition coefficient (Wildman–Crippen LogP) is 4.02. The summed E-state index contributed by atoms with van der Waals surface area (Å²) in [7, 11) is 0. The van der Waals surface area contributed by atoms with Gasteiger partial charge in [0, 0.05) is 19.6 Å². The Balaban J connectivity index is 1.23. The van der Waals surface area contributed by atoms with Gasteiger partial charge in [-0.25, -0.2) is 4.79 Å². The second-order valence-electron chi connectivity index (χ2n) is 7.93. The lowest BCUT2D eigenvalue weighted by Gasteiger charge is -2.27. The molecule has 1 aromatic rings. The Hall–Kier alpha value is -1.97. The van der Waals surface area contributed by atoms with Gasteiger partial charge in [-0.1, -0.05) is 24.6 Å². The molecule has 4 rings (SSSR count). The first-order valence-corrected chi connectivity index (χ1v) is 9.70. The summed E-state index contributed by atoms with van der Waals surface area (Å²) in [5.74, 6) is 3.06. The van der Waals surface area contributed by atoms with Gasteiger partial charge < -0.3 is 15.3 Å². The molecule has 2 N–H and O–H groups in total. The van der Waals surface area contributed by atoms with E-state index in [-0.39, 0.29) is 11.8 Å². The maximum absolute atomic E-state index is 12.4. The summed E-state index contributed by atoms with van der Waals surface area (Å²) in [6, 6.07) is 7.37. The van der Waals surface area contributed by atoms with Crippen LogP contribution in [0.5, 0.6) is 5.75 Å². The second-order valence-corrected chi connectivity index (χ2v) is 7.93. The number of phenolic OH excluding ortho intramolecular Hbond substituents is 1. The van der Waals surface area contributed by atoms with Crippen LogP contribution < -0.4 is 5.32 Å². The smallest absolute Gasteiger partial charge is 0.317 e. The van der Waals surface area contributed by atoms with Gasteiger partial charge in [0.15, 0.2) is 0 Å². The van der Waals surface area contributed by atoms with E-state index in [1.165, 1.54) is 31.3 Å². The van der Waals surface area contributed by atoms with Crippen LogP contribution in [0, 0.1) is 17.8 Å². The van der Waals surface area contributed by atoms with Crippen LogP contribution in [0.4, 0.5) is 4.79 Å².